The molecule has 0 bridgehead atoms. The highest BCUT2D eigenvalue weighted by Crippen LogP contribution is 2.19. The van der Waals surface area contributed by atoms with Gasteiger partial charge < -0.3 is 19.7 Å². The molecule has 11 heteroatoms. The second kappa shape index (κ2) is 12.0. The van der Waals surface area contributed by atoms with Crippen LogP contribution in [0.5, 0.6) is 5.75 Å². The van der Waals surface area contributed by atoms with Gasteiger partial charge in [0.05, 0.1) is 25.4 Å². The molecule has 190 valence electrons. The lowest BCUT2D eigenvalue weighted by Gasteiger charge is -2.40. The maximum absolute atomic E-state index is 13.0. The molecule has 2 unspecified atom stereocenters. The fourth-order valence-corrected chi connectivity index (χ4v) is 5.81. The quantitative estimate of drug-likeness (QED) is 0.513. The lowest BCUT2D eigenvalue weighted by atomic mass is 10.2. The average molecular weight is 497 g/mol. The molecule has 2 saturated heterocycles. The van der Waals surface area contributed by atoms with E-state index in [9.17, 15) is 18.0 Å². The molecule has 2 heterocycles. The number of amides is 2. The summed E-state index contributed by atoms with van der Waals surface area (Å²) in [6, 6.07) is 6.81. The molecule has 2 aliphatic heterocycles. The van der Waals surface area contributed by atoms with E-state index in [1.54, 1.807) is 29.2 Å². The summed E-state index contributed by atoms with van der Waals surface area (Å²) < 4.78 is 40.1. The third-order valence-corrected chi connectivity index (χ3v) is 7.88. The molecule has 3 rings (SSSR count). The van der Waals surface area contributed by atoms with Crippen LogP contribution in [0, 0.1) is 0 Å². The largest absolute Gasteiger partial charge is 0.494 e. The number of nitrogens with zero attached hydrogens (tertiary/aromatic N) is 3. The summed E-state index contributed by atoms with van der Waals surface area (Å²) in [6.07, 6.45) is 1.70. The zero-order valence-corrected chi connectivity index (χ0v) is 21.1. The van der Waals surface area contributed by atoms with Crippen molar-refractivity contribution in [2.75, 3.05) is 52.4 Å². The number of rotatable bonds is 9. The van der Waals surface area contributed by atoms with E-state index < -0.39 is 10.2 Å². The zero-order valence-electron chi connectivity index (χ0n) is 20.2. The van der Waals surface area contributed by atoms with Crippen molar-refractivity contribution in [3.05, 3.63) is 29.8 Å². The summed E-state index contributed by atoms with van der Waals surface area (Å²) in [4.78, 5) is 26.5. The summed E-state index contributed by atoms with van der Waals surface area (Å²) in [5.41, 5.74) is 0.445. The van der Waals surface area contributed by atoms with Gasteiger partial charge in [-0.15, -0.1) is 0 Å². The van der Waals surface area contributed by atoms with E-state index in [2.05, 4.69) is 12.2 Å². The monoisotopic (exact) mass is 496 g/mol. The number of benzene rings is 1. The molecule has 0 aliphatic carbocycles. The molecule has 2 atom stereocenters. The van der Waals surface area contributed by atoms with Crippen LogP contribution in [0.4, 0.5) is 0 Å². The zero-order chi connectivity index (χ0) is 24.7. The van der Waals surface area contributed by atoms with Gasteiger partial charge in [-0.2, -0.15) is 17.0 Å². The number of piperazine rings is 1. The fraction of sp³-hybridized carbons (Fsp3) is 0.652. The van der Waals surface area contributed by atoms with Crippen molar-refractivity contribution >= 4 is 22.0 Å². The molecule has 1 aromatic rings. The first-order valence-electron chi connectivity index (χ1n) is 11.9. The molecular formula is C23H36N4O6S. The lowest BCUT2D eigenvalue weighted by molar-refractivity contribution is -0.131. The van der Waals surface area contributed by atoms with Gasteiger partial charge >= 0.3 is 0 Å². The molecule has 0 spiro atoms. The molecule has 0 saturated carbocycles. The lowest BCUT2D eigenvalue weighted by Crippen LogP contribution is -2.58. The topological polar surface area (TPSA) is 108 Å². The van der Waals surface area contributed by atoms with Crippen LogP contribution in [0.2, 0.25) is 0 Å². The molecule has 2 aliphatic rings. The van der Waals surface area contributed by atoms with Crippen molar-refractivity contribution in [3.63, 3.8) is 0 Å². The number of hydrogen-bond acceptors (Lipinski definition) is 6. The van der Waals surface area contributed by atoms with Crippen LogP contribution in [0.3, 0.4) is 0 Å². The predicted molar refractivity (Wildman–Crippen MR) is 128 cm³/mol. The number of hydrogen-bond donors (Lipinski definition) is 1. The Morgan fingerprint density at radius 3 is 2.24 bits per heavy atom. The highest BCUT2D eigenvalue weighted by molar-refractivity contribution is 7.86. The summed E-state index contributed by atoms with van der Waals surface area (Å²) >= 11 is 0. The van der Waals surface area contributed by atoms with Crippen LogP contribution >= 0.6 is 0 Å². The number of unbranched alkanes of at least 4 members (excludes halogenated alkanes) is 1. The van der Waals surface area contributed by atoms with E-state index in [1.807, 2.05) is 13.8 Å². The van der Waals surface area contributed by atoms with E-state index >= 15 is 0 Å². The average Bonchev–Trinajstić information content (AvgIpc) is 2.82. The van der Waals surface area contributed by atoms with E-state index in [0.717, 1.165) is 12.8 Å². The van der Waals surface area contributed by atoms with E-state index in [0.29, 0.717) is 31.0 Å². The van der Waals surface area contributed by atoms with Gasteiger partial charge in [-0.3, -0.25) is 9.59 Å². The predicted octanol–water partition coefficient (Wildman–Crippen LogP) is 1.09. The Labute approximate surface area is 202 Å². The Kier molecular flexibility index (Phi) is 9.29. The van der Waals surface area contributed by atoms with Gasteiger partial charge in [0.1, 0.15) is 5.75 Å². The van der Waals surface area contributed by atoms with Crippen LogP contribution in [-0.2, 0) is 19.7 Å². The fourth-order valence-electron chi connectivity index (χ4n) is 4.06. The molecule has 34 heavy (non-hydrogen) atoms. The Morgan fingerprint density at radius 1 is 1.03 bits per heavy atom. The summed E-state index contributed by atoms with van der Waals surface area (Å²) in [6.45, 7) is 7.97. The number of nitrogens with one attached hydrogen (secondary N) is 1. The smallest absolute Gasteiger partial charge is 0.282 e. The third-order valence-electron chi connectivity index (χ3n) is 5.91. The first kappa shape index (κ1) is 26.4. The number of carbonyl (C=O) groups is 2. The maximum Gasteiger partial charge on any atom is 0.282 e. The minimum atomic E-state index is -3.60. The number of morpholine rings is 1. The second-order valence-electron chi connectivity index (χ2n) is 8.77. The highest BCUT2D eigenvalue weighted by atomic mass is 32.2. The Morgan fingerprint density at radius 2 is 1.65 bits per heavy atom. The minimum Gasteiger partial charge on any atom is -0.494 e. The van der Waals surface area contributed by atoms with Gasteiger partial charge in [-0.25, -0.2) is 0 Å². The van der Waals surface area contributed by atoms with Gasteiger partial charge in [0.15, 0.2) is 0 Å². The molecule has 0 radical (unpaired) electrons. The molecule has 0 aromatic heterocycles. The molecule has 10 nitrogen and oxygen atoms in total. The SMILES string of the molecule is CCCCOc1ccc(C(=O)NCC(=O)N2CCN(S(=O)(=O)N3CC(C)OC(C)C3)CC2)cc1. The molecule has 1 N–H and O–H groups in total. The number of carbonyl (C=O) groups excluding carboxylic acids is 2. The standard InChI is InChI=1S/C23H36N4O6S/c1-4-5-14-32-21-8-6-20(7-9-21)23(29)24-15-22(28)25-10-12-26(13-11-25)34(30,31)27-16-18(2)33-19(3)17-27/h6-9,18-19H,4-5,10-17H2,1-3H3,(H,24,29). The summed E-state index contributed by atoms with van der Waals surface area (Å²) in [5, 5.41) is 2.65. The van der Waals surface area contributed by atoms with Crippen molar-refractivity contribution in [1.82, 2.24) is 18.8 Å². The van der Waals surface area contributed by atoms with Crippen LogP contribution in [0.15, 0.2) is 24.3 Å². The first-order chi connectivity index (χ1) is 16.2. The van der Waals surface area contributed by atoms with Gasteiger partial charge in [-0.05, 0) is 44.5 Å². The van der Waals surface area contributed by atoms with Crippen LogP contribution < -0.4 is 10.1 Å². The molecule has 1 aromatic carbocycles. The van der Waals surface area contributed by atoms with E-state index in [4.69, 9.17) is 9.47 Å². The van der Waals surface area contributed by atoms with E-state index in [1.165, 1.54) is 8.61 Å². The molecule has 2 amide bonds. The highest BCUT2D eigenvalue weighted by Gasteiger charge is 2.37. The maximum atomic E-state index is 13.0. The Hall–Kier alpha value is -2.21. The van der Waals surface area contributed by atoms with E-state index in [-0.39, 0.29) is 56.7 Å². The minimum absolute atomic E-state index is 0.140. The van der Waals surface area contributed by atoms with Crippen molar-refractivity contribution in [2.24, 2.45) is 0 Å². The number of ether oxygens (including phenoxy) is 2. The molecular weight excluding hydrogens is 460 g/mol. The normalized spacial score (nSPS) is 22.4. The van der Waals surface area contributed by atoms with Crippen molar-refractivity contribution in [1.29, 1.82) is 0 Å². The first-order valence-corrected chi connectivity index (χ1v) is 13.3. The van der Waals surface area contributed by atoms with Gasteiger partial charge in [-0.1, -0.05) is 13.3 Å². The Balaban J connectivity index is 1.44. The Bertz CT molecular complexity index is 921. The van der Waals surface area contributed by atoms with Gasteiger partial charge in [0, 0.05) is 44.8 Å². The second-order valence-corrected chi connectivity index (χ2v) is 10.7. The third kappa shape index (κ3) is 6.91. The summed E-state index contributed by atoms with van der Waals surface area (Å²) in [7, 11) is -3.60. The van der Waals surface area contributed by atoms with Crippen LogP contribution in [-0.4, -0.2) is 98.4 Å². The van der Waals surface area contributed by atoms with Gasteiger partial charge in [0.25, 0.3) is 16.1 Å². The van der Waals surface area contributed by atoms with Gasteiger partial charge in [0.2, 0.25) is 5.91 Å². The van der Waals surface area contributed by atoms with Crippen LogP contribution in [0.25, 0.3) is 0 Å². The van der Waals surface area contributed by atoms with Crippen molar-refractivity contribution < 1.29 is 27.5 Å². The summed E-state index contributed by atoms with van der Waals surface area (Å²) in [5.74, 6) is 0.124. The van der Waals surface area contributed by atoms with Crippen molar-refractivity contribution in [2.45, 2.75) is 45.8 Å². The molecule has 2 fully saturated rings. The van der Waals surface area contributed by atoms with Crippen LogP contribution in [0.1, 0.15) is 44.0 Å². The van der Waals surface area contributed by atoms with Crippen molar-refractivity contribution in [3.8, 4) is 5.75 Å².